The number of rotatable bonds is 5. The summed E-state index contributed by atoms with van der Waals surface area (Å²) in [7, 11) is -1.95. The molecule has 2 aromatic carbocycles. The average molecular weight is 428 g/mol. The Morgan fingerprint density at radius 3 is 2.57 bits per heavy atom. The Morgan fingerprint density at radius 2 is 1.87 bits per heavy atom. The average Bonchev–Trinajstić information content (AvgIpc) is 3.26. The fourth-order valence-electron chi connectivity index (χ4n) is 3.64. The van der Waals surface area contributed by atoms with Crippen LogP contribution in [0.4, 0.5) is 0 Å². The van der Waals surface area contributed by atoms with Crippen molar-refractivity contribution in [2.75, 3.05) is 20.2 Å². The van der Waals surface area contributed by atoms with Crippen molar-refractivity contribution in [1.82, 2.24) is 14.4 Å². The number of methoxy groups -OCH3 is 1. The van der Waals surface area contributed by atoms with Crippen molar-refractivity contribution in [1.29, 1.82) is 0 Å². The highest BCUT2D eigenvalue weighted by molar-refractivity contribution is 7.89. The van der Waals surface area contributed by atoms with Gasteiger partial charge in [-0.3, -0.25) is 0 Å². The summed E-state index contributed by atoms with van der Waals surface area (Å²) in [6.45, 7) is 4.72. The van der Waals surface area contributed by atoms with Crippen LogP contribution < -0.4 is 4.74 Å². The van der Waals surface area contributed by atoms with Gasteiger partial charge in [0.2, 0.25) is 21.7 Å². The van der Waals surface area contributed by atoms with Crippen LogP contribution in [0.2, 0.25) is 0 Å². The maximum atomic E-state index is 13.2. The third-order valence-electron chi connectivity index (χ3n) is 5.64. The summed E-state index contributed by atoms with van der Waals surface area (Å²) < 4.78 is 38.5. The summed E-state index contributed by atoms with van der Waals surface area (Å²) >= 11 is 0. The molecule has 1 atom stereocenters. The van der Waals surface area contributed by atoms with Crippen LogP contribution >= 0.6 is 0 Å². The first-order valence-corrected chi connectivity index (χ1v) is 11.4. The van der Waals surface area contributed by atoms with Gasteiger partial charge in [0.25, 0.3) is 0 Å². The molecule has 0 spiro atoms. The quantitative estimate of drug-likeness (QED) is 0.613. The minimum Gasteiger partial charge on any atom is -0.497 e. The number of benzene rings is 2. The maximum absolute atomic E-state index is 13.2. The van der Waals surface area contributed by atoms with Crippen LogP contribution in [-0.4, -0.2) is 43.1 Å². The fraction of sp³-hybridized carbons (Fsp3) is 0.364. The minimum absolute atomic E-state index is 0.125. The van der Waals surface area contributed by atoms with Gasteiger partial charge in [-0.25, -0.2) is 8.42 Å². The number of hydrogen-bond donors (Lipinski definition) is 0. The first-order chi connectivity index (χ1) is 14.4. The Balaban J connectivity index is 1.54. The Hall–Kier alpha value is -2.71. The molecule has 0 aliphatic carbocycles. The van der Waals surface area contributed by atoms with E-state index in [0.29, 0.717) is 29.7 Å². The lowest BCUT2D eigenvalue weighted by Gasteiger charge is -2.30. The predicted octanol–water partition coefficient (Wildman–Crippen LogP) is 3.93. The minimum atomic E-state index is -3.57. The van der Waals surface area contributed by atoms with Crippen molar-refractivity contribution < 1.29 is 17.7 Å². The van der Waals surface area contributed by atoms with E-state index < -0.39 is 10.0 Å². The van der Waals surface area contributed by atoms with Crippen molar-refractivity contribution in [3.05, 3.63) is 59.5 Å². The molecule has 0 saturated carbocycles. The second kappa shape index (κ2) is 8.20. The highest BCUT2D eigenvalue weighted by Crippen LogP contribution is 2.31. The van der Waals surface area contributed by atoms with Crippen LogP contribution in [0, 0.1) is 13.8 Å². The molecule has 7 nitrogen and oxygen atoms in total. The van der Waals surface area contributed by atoms with Crippen LogP contribution in [-0.2, 0) is 10.0 Å². The molecule has 0 amide bonds. The summed E-state index contributed by atoms with van der Waals surface area (Å²) in [6.07, 6.45) is 1.55. The third kappa shape index (κ3) is 3.97. The van der Waals surface area contributed by atoms with Gasteiger partial charge in [-0.1, -0.05) is 11.2 Å². The van der Waals surface area contributed by atoms with Gasteiger partial charge in [0.1, 0.15) is 5.75 Å². The molecule has 1 aromatic heterocycles. The lowest BCUT2D eigenvalue weighted by molar-refractivity contribution is 0.265. The number of sulfonamides is 1. The summed E-state index contributed by atoms with van der Waals surface area (Å²) in [5.41, 5.74) is 2.86. The number of aromatic nitrogens is 2. The smallest absolute Gasteiger partial charge is 0.243 e. The normalized spacial score (nSPS) is 17.8. The molecule has 1 saturated heterocycles. The number of ether oxygens (including phenoxy) is 1. The summed E-state index contributed by atoms with van der Waals surface area (Å²) in [6, 6.07) is 12.7. The zero-order valence-corrected chi connectivity index (χ0v) is 18.1. The maximum Gasteiger partial charge on any atom is 0.243 e. The molecule has 0 radical (unpaired) electrons. The highest BCUT2D eigenvalue weighted by atomic mass is 32.2. The molecule has 2 heterocycles. The Kier molecular flexibility index (Phi) is 5.62. The van der Waals surface area contributed by atoms with E-state index in [4.69, 9.17) is 9.26 Å². The lowest BCUT2D eigenvalue weighted by Crippen LogP contribution is -2.39. The first kappa shape index (κ1) is 20.6. The molecule has 3 aromatic rings. The van der Waals surface area contributed by atoms with Gasteiger partial charge in [-0.15, -0.1) is 0 Å². The van der Waals surface area contributed by atoms with E-state index in [1.807, 2.05) is 44.2 Å². The van der Waals surface area contributed by atoms with Gasteiger partial charge in [-0.2, -0.15) is 9.29 Å². The van der Waals surface area contributed by atoms with E-state index >= 15 is 0 Å². The topological polar surface area (TPSA) is 85.5 Å². The van der Waals surface area contributed by atoms with Crippen LogP contribution in [0.25, 0.3) is 11.4 Å². The van der Waals surface area contributed by atoms with Gasteiger partial charge in [-0.05, 0) is 74.2 Å². The van der Waals surface area contributed by atoms with Gasteiger partial charge >= 0.3 is 0 Å². The molecule has 4 rings (SSSR count). The Morgan fingerprint density at radius 1 is 1.10 bits per heavy atom. The van der Waals surface area contributed by atoms with E-state index in [1.54, 1.807) is 19.2 Å². The lowest BCUT2D eigenvalue weighted by atomic mass is 10.00. The molecule has 30 heavy (non-hydrogen) atoms. The Bertz CT molecular complexity index is 1140. The SMILES string of the molecule is COc1ccc(-c2noc([C@H]3CCCN(S(=O)(=O)c4ccc(C)c(C)c4)C3)n2)cc1. The number of nitrogens with zero attached hydrogens (tertiary/aromatic N) is 3. The molecule has 0 bridgehead atoms. The molecule has 1 fully saturated rings. The number of hydrogen-bond acceptors (Lipinski definition) is 6. The van der Waals surface area contributed by atoms with Gasteiger partial charge in [0.15, 0.2) is 0 Å². The van der Waals surface area contributed by atoms with Crippen molar-refractivity contribution in [2.45, 2.75) is 37.5 Å². The number of piperidine rings is 1. The van der Waals surface area contributed by atoms with Crippen molar-refractivity contribution in [2.24, 2.45) is 0 Å². The van der Waals surface area contributed by atoms with Crippen molar-refractivity contribution >= 4 is 10.0 Å². The summed E-state index contributed by atoms with van der Waals surface area (Å²) in [5.74, 6) is 1.59. The molecular weight excluding hydrogens is 402 g/mol. The van der Waals surface area contributed by atoms with E-state index in [0.717, 1.165) is 35.3 Å². The fourth-order valence-corrected chi connectivity index (χ4v) is 5.25. The third-order valence-corrected chi connectivity index (χ3v) is 7.50. The standard InChI is InChI=1S/C22H25N3O4S/c1-15-6-11-20(13-16(15)2)30(26,27)25-12-4-5-18(14-25)22-23-21(24-29-22)17-7-9-19(28-3)10-8-17/h6-11,13,18H,4-5,12,14H2,1-3H3/t18-/m0/s1. The van der Waals surface area contributed by atoms with Gasteiger partial charge in [0, 0.05) is 18.7 Å². The van der Waals surface area contributed by atoms with Crippen molar-refractivity contribution in [3.8, 4) is 17.1 Å². The molecule has 158 valence electrons. The Labute approximate surface area is 176 Å². The molecule has 8 heteroatoms. The second-order valence-electron chi connectivity index (χ2n) is 7.63. The highest BCUT2D eigenvalue weighted by Gasteiger charge is 2.33. The monoisotopic (exact) mass is 427 g/mol. The number of aryl methyl sites for hydroxylation is 2. The van der Waals surface area contributed by atoms with E-state index in [2.05, 4.69) is 10.1 Å². The van der Waals surface area contributed by atoms with E-state index in [-0.39, 0.29) is 5.92 Å². The molecule has 1 aliphatic rings. The van der Waals surface area contributed by atoms with Crippen LogP contribution in [0.5, 0.6) is 5.75 Å². The molecule has 0 N–H and O–H groups in total. The van der Waals surface area contributed by atoms with E-state index in [1.165, 1.54) is 4.31 Å². The van der Waals surface area contributed by atoms with E-state index in [9.17, 15) is 8.42 Å². The zero-order valence-electron chi connectivity index (χ0n) is 17.3. The largest absolute Gasteiger partial charge is 0.497 e. The second-order valence-corrected chi connectivity index (χ2v) is 9.57. The van der Waals surface area contributed by atoms with Gasteiger partial charge < -0.3 is 9.26 Å². The van der Waals surface area contributed by atoms with Crippen LogP contribution in [0.15, 0.2) is 51.9 Å². The predicted molar refractivity (Wildman–Crippen MR) is 113 cm³/mol. The van der Waals surface area contributed by atoms with Crippen LogP contribution in [0.1, 0.15) is 35.8 Å². The first-order valence-electron chi connectivity index (χ1n) is 9.94. The van der Waals surface area contributed by atoms with Crippen LogP contribution in [0.3, 0.4) is 0 Å². The summed E-state index contributed by atoms with van der Waals surface area (Å²) in [5, 5.41) is 4.09. The van der Waals surface area contributed by atoms with Crippen molar-refractivity contribution in [3.63, 3.8) is 0 Å². The zero-order chi connectivity index (χ0) is 21.3. The van der Waals surface area contributed by atoms with Gasteiger partial charge in [0.05, 0.1) is 17.9 Å². The molecular formula is C22H25N3O4S. The molecule has 0 unspecified atom stereocenters. The molecule has 1 aliphatic heterocycles. The summed E-state index contributed by atoms with van der Waals surface area (Å²) in [4.78, 5) is 4.86.